The quantitative estimate of drug-likeness (QED) is 0.245. The smallest absolute Gasteiger partial charge is 0.0796 e. The molecule has 0 N–H and O–H groups in total. The van der Waals surface area contributed by atoms with Crippen LogP contribution in [0.2, 0.25) is 19.6 Å². The first-order chi connectivity index (χ1) is 13.5. The van der Waals surface area contributed by atoms with Crippen molar-refractivity contribution < 1.29 is 0 Å². The third-order valence-corrected chi connectivity index (χ3v) is 7.70. The largest absolute Gasteiger partial charge is 0.256 e. The van der Waals surface area contributed by atoms with Gasteiger partial charge in [-0.25, -0.2) is 0 Å². The number of fused-ring (bicyclic) bond motifs is 6. The molecule has 0 bridgehead atoms. The van der Waals surface area contributed by atoms with Gasteiger partial charge in [0.15, 0.2) is 0 Å². The van der Waals surface area contributed by atoms with Crippen LogP contribution in [0.3, 0.4) is 0 Å². The highest BCUT2D eigenvalue weighted by atomic mass is 28.3. The maximum absolute atomic E-state index is 4.80. The summed E-state index contributed by atoms with van der Waals surface area (Å²) in [6.45, 7) is 7.07. The van der Waals surface area contributed by atoms with Gasteiger partial charge in [-0.2, -0.15) is 0 Å². The van der Waals surface area contributed by atoms with Crippen molar-refractivity contribution >= 4 is 45.6 Å². The van der Waals surface area contributed by atoms with Gasteiger partial charge in [0, 0.05) is 11.8 Å². The van der Waals surface area contributed by atoms with Crippen LogP contribution in [0.15, 0.2) is 85.1 Å². The fourth-order valence-electron chi connectivity index (χ4n) is 4.08. The molecule has 0 saturated heterocycles. The number of nitrogens with zero attached hydrogens (tertiary/aromatic N) is 1. The van der Waals surface area contributed by atoms with Crippen LogP contribution >= 0.6 is 0 Å². The van der Waals surface area contributed by atoms with Gasteiger partial charge < -0.3 is 0 Å². The Morgan fingerprint density at radius 2 is 1.11 bits per heavy atom. The normalized spacial score (nSPS) is 12.1. The molecule has 5 aromatic rings. The van der Waals surface area contributed by atoms with Gasteiger partial charge in [0.05, 0.1) is 13.8 Å². The molecule has 2 heteroatoms. The predicted octanol–water partition coefficient (Wildman–Crippen LogP) is 6.75. The van der Waals surface area contributed by atoms with Crippen molar-refractivity contribution in [3.8, 4) is 11.3 Å². The Kier molecular flexibility index (Phi) is 3.85. The summed E-state index contributed by atoms with van der Waals surface area (Å²) in [4.78, 5) is 4.80. The average Bonchev–Trinajstić information content (AvgIpc) is 2.73. The lowest BCUT2D eigenvalue weighted by Gasteiger charge is -2.16. The van der Waals surface area contributed by atoms with Crippen LogP contribution in [0.25, 0.3) is 43.6 Å². The lowest BCUT2D eigenvalue weighted by molar-refractivity contribution is 1.34. The van der Waals surface area contributed by atoms with Gasteiger partial charge in [0.2, 0.25) is 0 Å². The van der Waals surface area contributed by atoms with E-state index in [0.717, 1.165) is 5.69 Å². The summed E-state index contributed by atoms with van der Waals surface area (Å²) < 4.78 is 0. The molecule has 1 nitrogen and oxygen atoms in total. The minimum absolute atomic E-state index is 1.04. The Morgan fingerprint density at radius 3 is 1.61 bits per heavy atom. The Hall–Kier alpha value is -2.97. The fourth-order valence-corrected chi connectivity index (χ4v) is 5.11. The molecule has 1 heterocycles. The van der Waals surface area contributed by atoms with Crippen molar-refractivity contribution in [3.63, 3.8) is 0 Å². The number of pyridine rings is 1. The van der Waals surface area contributed by atoms with Crippen molar-refractivity contribution in [2.75, 3.05) is 0 Å². The molecule has 28 heavy (non-hydrogen) atoms. The van der Waals surface area contributed by atoms with Gasteiger partial charge in [-0.05, 0) is 49.6 Å². The van der Waals surface area contributed by atoms with E-state index in [0.29, 0.717) is 0 Å². The molecular weight excluding hydrogens is 354 g/mol. The van der Waals surface area contributed by atoms with Crippen LogP contribution < -0.4 is 5.19 Å². The molecule has 136 valence electrons. The minimum atomic E-state index is -1.33. The first kappa shape index (κ1) is 17.1. The lowest BCUT2D eigenvalue weighted by Crippen LogP contribution is -2.37. The highest BCUT2D eigenvalue weighted by Crippen LogP contribution is 2.36. The molecule has 0 aliphatic carbocycles. The predicted molar refractivity (Wildman–Crippen MR) is 125 cm³/mol. The molecule has 0 saturated carbocycles. The number of aromatic nitrogens is 1. The molecular formula is C26H23NSi. The third kappa shape index (κ3) is 2.73. The lowest BCUT2D eigenvalue weighted by atomic mass is 9.93. The van der Waals surface area contributed by atoms with Crippen LogP contribution in [-0.4, -0.2) is 13.1 Å². The monoisotopic (exact) mass is 377 g/mol. The molecule has 1 aromatic heterocycles. The molecule has 0 spiro atoms. The van der Waals surface area contributed by atoms with E-state index in [1.165, 1.54) is 43.1 Å². The fraction of sp³-hybridized carbons (Fsp3) is 0.115. The zero-order valence-corrected chi connectivity index (χ0v) is 17.5. The number of benzene rings is 4. The summed E-state index contributed by atoms with van der Waals surface area (Å²) in [6, 6.07) is 28.6. The Morgan fingerprint density at radius 1 is 0.571 bits per heavy atom. The van der Waals surface area contributed by atoms with Crippen LogP contribution in [0.4, 0.5) is 0 Å². The van der Waals surface area contributed by atoms with E-state index in [2.05, 4.69) is 105 Å². The molecule has 0 amide bonds. The third-order valence-electron chi connectivity index (χ3n) is 5.67. The summed E-state index contributed by atoms with van der Waals surface area (Å²) in [5.74, 6) is 0. The van der Waals surface area contributed by atoms with E-state index in [-0.39, 0.29) is 0 Å². The molecule has 4 aromatic carbocycles. The van der Waals surface area contributed by atoms with Gasteiger partial charge in [-0.3, -0.25) is 4.98 Å². The van der Waals surface area contributed by atoms with E-state index in [9.17, 15) is 0 Å². The Bertz CT molecular complexity index is 1290. The second-order valence-electron chi connectivity index (χ2n) is 8.53. The average molecular weight is 378 g/mol. The Balaban J connectivity index is 1.78. The van der Waals surface area contributed by atoms with E-state index < -0.39 is 8.07 Å². The van der Waals surface area contributed by atoms with Crippen molar-refractivity contribution in [3.05, 3.63) is 85.1 Å². The second kappa shape index (κ2) is 6.28. The molecule has 0 unspecified atom stereocenters. The van der Waals surface area contributed by atoms with Crippen LogP contribution in [-0.2, 0) is 0 Å². The SMILES string of the molecule is C[Si](C)(C)c1ccc(-c2ccc3c4ccccc4c4ccccc4c3c2)nc1. The van der Waals surface area contributed by atoms with Gasteiger partial charge in [-0.1, -0.05) is 86.4 Å². The van der Waals surface area contributed by atoms with Gasteiger partial charge in [-0.15, -0.1) is 0 Å². The van der Waals surface area contributed by atoms with Crippen molar-refractivity contribution in [2.45, 2.75) is 19.6 Å². The summed E-state index contributed by atoms with van der Waals surface area (Å²) in [5.41, 5.74) is 2.22. The van der Waals surface area contributed by atoms with Crippen molar-refractivity contribution in [2.24, 2.45) is 0 Å². The van der Waals surface area contributed by atoms with E-state index in [4.69, 9.17) is 4.98 Å². The minimum Gasteiger partial charge on any atom is -0.256 e. The highest BCUT2D eigenvalue weighted by Gasteiger charge is 2.17. The van der Waals surface area contributed by atoms with Gasteiger partial charge >= 0.3 is 0 Å². The van der Waals surface area contributed by atoms with E-state index in [1.807, 2.05) is 0 Å². The first-order valence-electron chi connectivity index (χ1n) is 9.82. The standard InChI is InChI=1S/C26H23NSi/c1-28(2,3)19-13-15-26(27-17-19)18-12-14-24-22-10-5-4-8-20(22)21-9-6-7-11-23(21)25(24)16-18/h4-17H,1-3H3. The van der Waals surface area contributed by atoms with E-state index >= 15 is 0 Å². The molecule has 0 radical (unpaired) electrons. The van der Waals surface area contributed by atoms with Crippen LogP contribution in [0.1, 0.15) is 0 Å². The maximum atomic E-state index is 4.80. The topological polar surface area (TPSA) is 12.9 Å². The van der Waals surface area contributed by atoms with Gasteiger partial charge in [0.1, 0.15) is 0 Å². The summed E-state index contributed by atoms with van der Waals surface area (Å²) in [6.07, 6.45) is 2.07. The zero-order chi connectivity index (χ0) is 19.3. The van der Waals surface area contributed by atoms with Crippen molar-refractivity contribution in [1.82, 2.24) is 4.98 Å². The first-order valence-corrected chi connectivity index (χ1v) is 13.3. The molecule has 0 atom stereocenters. The molecule has 5 rings (SSSR count). The second-order valence-corrected chi connectivity index (χ2v) is 13.6. The summed E-state index contributed by atoms with van der Waals surface area (Å²) in [7, 11) is -1.33. The number of rotatable bonds is 2. The summed E-state index contributed by atoms with van der Waals surface area (Å²) >= 11 is 0. The summed E-state index contributed by atoms with van der Waals surface area (Å²) in [5, 5.41) is 9.23. The maximum Gasteiger partial charge on any atom is 0.0796 e. The zero-order valence-electron chi connectivity index (χ0n) is 16.5. The van der Waals surface area contributed by atoms with E-state index in [1.54, 1.807) is 0 Å². The number of hydrogen-bond donors (Lipinski definition) is 0. The van der Waals surface area contributed by atoms with Crippen LogP contribution in [0.5, 0.6) is 0 Å². The molecule has 0 aliphatic rings. The molecule has 0 aliphatic heterocycles. The number of hydrogen-bond acceptors (Lipinski definition) is 1. The Labute approximate surface area is 166 Å². The van der Waals surface area contributed by atoms with Gasteiger partial charge in [0.25, 0.3) is 0 Å². The van der Waals surface area contributed by atoms with Crippen molar-refractivity contribution in [1.29, 1.82) is 0 Å². The highest BCUT2D eigenvalue weighted by molar-refractivity contribution is 6.88. The van der Waals surface area contributed by atoms with Crippen LogP contribution in [0, 0.1) is 0 Å². The molecule has 0 fully saturated rings.